The topological polar surface area (TPSA) is 57.6 Å². The molecule has 1 fully saturated rings. The van der Waals surface area contributed by atoms with Crippen molar-refractivity contribution in [2.75, 3.05) is 6.54 Å². The van der Waals surface area contributed by atoms with Crippen molar-refractivity contribution in [2.45, 2.75) is 32.2 Å². The number of aliphatic carboxylic acids is 1. The first-order valence-corrected chi connectivity index (χ1v) is 7.10. The van der Waals surface area contributed by atoms with E-state index in [1.165, 1.54) is 4.90 Å². The third-order valence-electron chi connectivity index (χ3n) is 3.40. The Balaban J connectivity index is 2.28. The van der Waals surface area contributed by atoms with Gasteiger partial charge in [0.2, 0.25) is 0 Å². The molecule has 0 unspecified atom stereocenters. The van der Waals surface area contributed by atoms with Crippen LogP contribution in [0.3, 0.4) is 0 Å². The summed E-state index contributed by atoms with van der Waals surface area (Å²) in [6.45, 7) is 2.45. The lowest BCUT2D eigenvalue weighted by Crippen LogP contribution is -2.48. The SMILES string of the molecule is Cc1ccc(C(=O)N2CCCC[C@@H]2C(=O)O)c(Br)c1. The Kier molecular flexibility index (Phi) is 4.24. The molecule has 1 aromatic rings. The summed E-state index contributed by atoms with van der Waals surface area (Å²) in [6.07, 6.45) is 2.25. The molecule has 1 saturated heterocycles. The van der Waals surface area contributed by atoms with Crippen molar-refractivity contribution < 1.29 is 14.7 Å². The maximum Gasteiger partial charge on any atom is 0.326 e. The summed E-state index contributed by atoms with van der Waals surface area (Å²) >= 11 is 3.38. The van der Waals surface area contributed by atoms with E-state index in [-0.39, 0.29) is 5.91 Å². The van der Waals surface area contributed by atoms with Gasteiger partial charge >= 0.3 is 5.97 Å². The first-order valence-electron chi connectivity index (χ1n) is 6.30. The number of carboxylic acid groups (broad SMARTS) is 1. The van der Waals surface area contributed by atoms with Crippen LogP contribution in [0.15, 0.2) is 22.7 Å². The van der Waals surface area contributed by atoms with Crippen LogP contribution in [-0.4, -0.2) is 34.5 Å². The highest BCUT2D eigenvalue weighted by molar-refractivity contribution is 9.10. The minimum Gasteiger partial charge on any atom is -0.480 e. The van der Waals surface area contributed by atoms with Crippen molar-refractivity contribution in [3.63, 3.8) is 0 Å². The van der Waals surface area contributed by atoms with Gasteiger partial charge in [0.25, 0.3) is 5.91 Å². The third-order valence-corrected chi connectivity index (χ3v) is 4.06. The van der Waals surface area contributed by atoms with Crippen LogP contribution in [0.1, 0.15) is 35.2 Å². The molecular formula is C14H16BrNO3. The second kappa shape index (κ2) is 5.74. The fourth-order valence-corrected chi connectivity index (χ4v) is 3.04. The van der Waals surface area contributed by atoms with E-state index in [0.29, 0.717) is 23.0 Å². The summed E-state index contributed by atoms with van der Waals surface area (Å²) in [6, 6.07) is 4.77. The van der Waals surface area contributed by atoms with E-state index < -0.39 is 12.0 Å². The number of carbonyl (C=O) groups is 2. The lowest BCUT2D eigenvalue weighted by Gasteiger charge is -2.33. The van der Waals surface area contributed by atoms with Crippen LogP contribution in [-0.2, 0) is 4.79 Å². The Morgan fingerprint density at radius 1 is 1.37 bits per heavy atom. The molecule has 1 heterocycles. The largest absolute Gasteiger partial charge is 0.480 e. The van der Waals surface area contributed by atoms with Crippen LogP contribution in [0.5, 0.6) is 0 Å². The van der Waals surface area contributed by atoms with E-state index in [1.807, 2.05) is 19.1 Å². The highest BCUT2D eigenvalue weighted by Crippen LogP contribution is 2.24. The molecule has 1 atom stereocenters. The van der Waals surface area contributed by atoms with E-state index in [1.54, 1.807) is 6.07 Å². The maximum absolute atomic E-state index is 12.5. The van der Waals surface area contributed by atoms with Crippen LogP contribution in [0.2, 0.25) is 0 Å². The van der Waals surface area contributed by atoms with Crippen LogP contribution >= 0.6 is 15.9 Å². The average molecular weight is 326 g/mol. The second-order valence-electron chi connectivity index (χ2n) is 4.83. The monoisotopic (exact) mass is 325 g/mol. The van der Waals surface area contributed by atoms with E-state index in [0.717, 1.165) is 18.4 Å². The van der Waals surface area contributed by atoms with Crippen molar-refractivity contribution in [2.24, 2.45) is 0 Å². The Morgan fingerprint density at radius 3 is 2.74 bits per heavy atom. The number of piperidine rings is 1. The average Bonchev–Trinajstić information content (AvgIpc) is 2.38. The van der Waals surface area contributed by atoms with Gasteiger partial charge in [0.1, 0.15) is 6.04 Å². The van der Waals surface area contributed by atoms with Gasteiger partial charge < -0.3 is 10.0 Å². The summed E-state index contributed by atoms with van der Waals surface area (Å²) in [7, 11) is 0. The van der Waals surface area contributed by atoms with Crippen LogP contribution < -0.4 is 0 Å². The minimum atomic E-state index is -0.920. The summed E-state index contributed by atoms with van der Waals surface area (Å²) in [5, 5.41) is 9.21. The molecule has 0 saturated carbocycles. The number of hydrogen-bond acceptors (Lipinski definition) is 2. The molecule has 19 heavy (non-hydrogen) atoms. The molecule has 1 amide bonds. The number of carbonyl (C=O) groups excluding carboxylic acids is 1. The van der Waals surface area contributed by atoms with Gasteiger partial charge in [-0.2, -0.15) is 0 Å². The van der Waals surface area contributed by atoms with Gasteiger partial charge in [0.15, 0.2) is 0 Å². The molecule has 2 rings (SSSR count). The zero-order valence-electron chi connectivity index (χ0n) is 10.7. The molecule has 1 aliphatic rings. The van der Waals surface area contributed by atoms with Crippen molar-refractivity contribution in [1.82, 2.24) is 4.90 Å². The van der Waals surface area contributed by atoms with E-state index in [9.17, 15) is 14.7 Å². The summed E-state index contributed by atoms with van der Waals surface area (Å²) in [5.74, 6) is -1.13. The first-order chi connectivity index (χ1) is 9.00. The molecule has 0 radical (unpaired) electrons. The Hall–Kier alpha value is -1.36. The normalized spacial score (nSPS) is 19.3. The van der Waals surface area contributed by atoms with Gasteiger partial charge in [-0.25, -0.2) is 4.79 Å². The van der Waals surface area contributed by atoms with Crippen molar-refractivity contribution in [3.8, 4) is 0 Å². The molecular weight excluding hydrogens is 310 g/mol. The number of amides is 1. The lowest BCUT2D eigenvalue weighted by atomic mass is 10.0. The molecule has 102 valence electrons. The number of likely N-dealkylation sites (tertiary alicyclic amines) is 1. The van der Waals surface area contributed by atoms with Crippen molar-refractivity contribution >= 4 is 27.8 Å². The Morgan fingerprint density at radius 2 is 2.11 bits per heavy atom. The van der Waals surface area contributed by atoms with E-state index in [4.69, 9.17) is 0 Å². The molecule has 5 heteroatoms. The number of hydrogen-bond donors (Lipinski definition) is 1. The first kappa shape index (κ1) is 14.1. The van der Waals surface area contributed by atoms with Crippen LogP contribution in [0, 0.1) is 6.92 Å². The van der Waals surface area contributed by atoms with Crippen LogP contribution in [0.4, 0.5) is 0 Å². The maximum atomic E-state index is 12.5. The summed E-state index contributed by atoms with van der Waals surface area (Å²) in [5.41, 5.74) is 1.58. The Bertz CT molecular complexity index is 515. The predicted molar refractivity (Wildman–Crippen MR) is 75.2 cm³/mol. The molecule has 4 nitrogen and oxygen atoms in total. The lowest BCUT2D eigenvalue weighted by molar-refractivity contribution is -0.143. The molecule has 0 spiro atoms. The number of carboxylic acids is 1. The van der Waals surface area contributed by atoms with E-state index in [2.05, 4.69) is 15.9 Å². The van der Waals surface area contributed by atoms with Gasteiger partial charge in [0.05, 0.1) is 5.56 Å². The van der Waals surface area contributed by atoms with Crippen molar-refractivity contribution in [3.05, 3.63) is 33.8 Å². The highest BCUT2D eigenvalue weighted by Gasteiger charge is 2.32. The zero-order chi connectivity index (χ0) is 14.0. The van der Waals surface area contributed by atoms with Gasteiger partial charge in [-0.3, -0.25) is 4.79 Å². The van der Waals surface area contributed by atoms with Crippen LogP contribution in [0.25, 0.3) is 0 Å². The predicted octanol–water partition coefficient (Wildman–Crippen LogP) is 2.84. The summed E-state index contributed by atoms with van der Waals surface area (Å²) in [4.78, 5) is 25.2. The number of benzene rings is 1. The fourth-order valence-electron chi connectivity index (χ4n) is 2.38. The van der Waals surface area contributed by atoms with Gasteiger partial charge in [-0.1, -0.05) is 6.07 Å². The fraction of sp³-hybridized carbons (Fsp3) is 0.429. The van der Waals surface area contributed by atoms with Gasteiger partial charge in [0, 0.05) is 11.0 Å². The zero-order valence-corrected chi connectivity index (χ0v) is 12.3. The number of aryl methyl sites for hydroxylation is 1. The minimum absolute atomic E-state index is 0.209. The number of halogens is 1. The third kappa shape index (κ3) is 2.97. The smallest absolute Gasteiger partial charge is 0.326 e. The molecule has 1 N–H and O–H groups in total. The van der Waals surface area contributed by atoms with Gasteiger partial charge in [-0.05, 0) is 59.8 Å². The molecule has 1 aromatic carbocycles. The van der Waals surface area contributed by atoms with Crippen molar-refractivity contribution in [1.29, 1.82) is 0 Å². The number of nitrogens with zero attached hydrogens (tertiary/aromatic N) is 1. The molecule has 1 aliphatic heterocycles. The van der Waals surface area contributed by atoms with E-state index >= 15 is 0 Å². The summed E-state index contributed by atoms with van der Waals surface area (Å²) < 4.78 is 0.715. The highest BCUT2D eigenvalue weighted by atomic mass is 79.9. The molecule has 0 aromatic heterocycles. The molecule has 0 aliphatic carbocycles. The number of rotatable bonds is 2. The second-order valence-corrected chi connectivity index (χ2v) is 5.69. The Labute approximate surface area is 120 Å². The molecule has 0 bridgehead atoms. The quantitative estimate of drug-likeness (QED) is 0.909. The standard InChI is InChI=1S/C14H16BrNO3/c1-9-5-6-10(11(15)8-9)13(17)16-7-3-2-4-12(16)14(18)19/h5-6,8,12H,2-4,7H2,1H3,(H,18,19)/t12-/m1/s1. The van der Waals surface area contributed by atoms with Gasteiger partial charge in [-0.15, -0.1) is 0 Å².